The maximum absolute atomic E-state index is 12.5. The van der Waals surface area contributed by atoms with E-state index < -0.39 is 0 Å². The van der Waals surface area contributed by atoms with Crippen molar-refractivity contribution >= 4 is 5.91 Å². The molecule has 0 radical (unpaired) electrons. The monoisotopic (exact) mass is 316 g/mol. The lowest BCUT2D eigenvalue weighted by Crippen LogP contribution is -2.43. The Morgan fingerprint density at radius 2 is 2.04 bits per heavy atom. The van der Waals surface area contributed by atoms with E-state index in [1.165, 1.54) is 24.8 Å². The number of rotatable bonds is 6. The van der Waals surface area contributed by atoms with Gasteiger partial charge in [-0.25, -0.2) is 0 Å². The molecule has 3 rings (SSSR count). The van der Waals surface area contributed by atoms with Crippen LogP contribution in [-0.2, 0) is 10.3 Å². The highest BCUT2D eigenvalue weighted by atomic mass is 16.5. The molecule has 1 aliphatic heterocycles. The highest BCUT2D eigenvalue weighted by Crippen LogP contribution is 2.39. The van der Waals surface area contributed by atoms with Crippen LogP contribution in [-0.4, -0.2) is 26.1 Å². The van der Waals surface area contributed by atoms with Gasteiger partial charge in [-0.15, -0.1) is 0 Å². The molecule has 1 heterocycles. The summed E-state index contributed by atoms with van der Waals surface area (Å²) in [5.74, 6) is 1.73. The highest BCUT2D eigenvalue weighted by Gasteiger charge is 2.37. The second-order valence-electron chi connectivity index (χ2n) is 6.96. The van der Waals surface area contributed by atoms with Crippen LogP contribution in [0.15, 0.2) is 24.3 Å². The fraction of sp³-hybridized carbons (Fsp3) is 0.632. The minimum Gasteiger partial charge on any atom is -0.497 e. The van der Waals surface area contributed by atoms with Gasteiger partial charge in [-0.05, 0) is 62.4 Å². The quantitative estimate of drug-likeness (QED) is 0.848. The smallest absolute Gasteiger partial charge is 0.220 e. The molecular weight excluding hydrogens is 288 g/mol. The summed E-state index contributed by atoms with van der Waals surface area (Å²) in [5, 5.41) is 6.74. The molecule has 4 nitrogen and oxygen atoms in total. The van der Waals surface area contributed by atoms with Crippen LogP contribution in [0.3, 0.4) is 0 Å². The fourth-order valence-corrected chi connectivity index (χ4v) is 4.00. The molecule has 1 aromatic rings. The van der Waals surface area contributed by atoms with Gasteiger partial charge in [-0.3, -0.25) is 4.79 Å². The Balaban J connectivity index is 1.63. The number of ether oxygens (including phenoxy) is 1. The Morgan fingerprint density at radius 1 is 1.30 bits per heavy atom. The molecule has 0 spiro atoms. The summed E-state index contributed by atoms with van der Waals surface area (Å²) in [6.07, 6.45) is 7.28. The molecule has 126 valence electrons. The van der Waals surface area contributed by atoms with Gasteiger partial charge < -0.3 is 15.4 Å². The molecule has 1 aromatic carbocycles. The lowest BCUT2D eigenvalue weighted by Gasteiger charge is -2.31. The maximum Gasteiger partial charge on any atom is 0.220 e. The van der Waals surface area contributed by atoms with Gasteiger partial charge in [0.05, 0.1) is 12.6 Å². The van der Waals surface area contributed by atoms with Crippen molar-refractivity contribution in [1.82, 2.24) is 10.6 Å². The summed E-state index contributed by atoms with van der Waals surface area (Å²) < 4.78 is 5.25. The summed E-state index contributed by atoms with van der Waals surface area (Å²) in [6.45, 7) is 2.17. The summed E-state index contributed by atoms with van der Waals surface area (Å²) >= 11 is 0. The predicted molar refractivity (Wildman–Crippen MR) is 91.5 cm³/mol. The van der Waals surface area contributed by atoms with Crippen LogP contribution in [0.1, 0.15) is 50.5 Å². The standard InChI is InChI=1S/C19H28N2O2/c1-23-17-7-5-16(6-8-17)19(11-2-3-12-19)21-18(22)9-4-15-10-13-20-14-15/h5-8,15,20H,2-4,9-14H2,1H3,(H,21,22). The molecule has 0 bridgehead atoms. The molecule has 1 amide bonds. The number of benzene rings is 1. The van der Waals surface area contributed by atoms with Crippen molar-refractivity contribution in [3.63, 3.8) is 0 Å². The van der Waals surface area contributed by atoms with Crippen LogP contribution >= 0.6 is 0 Å². The minimum atomic E-state index is -0.169. The average Bonchev–Trinajstić information content (AvgIpc) is 3.25. The normalized spacial score (nSPS) is 22.9. The summed E-state index contributed by atoms with van der Waals surface area (Å²) in [4.78, 5) is 12.5. The van der Waals surface area contributed by atoms with Gasteiger partial charge in [-0.2, -0.15) is 0 Å². The Labute approximate surface area is 139 Å². The Bertz CT molecular complexity index is 515. The molecule has 1 aliphatic carbocycles. The van der Waals surface area contributed by atoms with Crippen molar-refractivity contribution in [2.24, 2.45) is 5.92 Å². The fourth-order valence-electron chi connectivity index (χ4n) is 4.00. The third kappa shape index (κ3) is 3.86. The molecule has 2 N–H and O–H groups in total. The van der Waals surface area contributed by atoms with Crippen molar-refractivity contribution in [2.75, 3.05) is 20.2 Å². The van der Waals surface area contributed by atoms with E-state index in [9.17, 15) is 4.79 Å². The molecule has 1 atom stereocenters. The lowest BCUT2D eigenvalue weighted by molar-refractivity contribution is -0.123. The number of carbonyl (C=O) groups excluding carboxylic acids is 1. The summed E-state index contributed by atoms with van der Waals surface area (Å²) in [6, 6.07) is 8.19. The van der Waals surface area contributed by atoms with Crippen LogP contribution in [0.4, 0.5) is 0 Å². The van der Waals surface area contributed by atoms with Crippen molar-refractivity contribution in [3.05, 3.63) is 29.8 Å². The number of amides is 1. The van der Waals surface area contributed by atoms with Gasteiger partial charge in [0.1, 0.15) is 5.75 Å². The Hall–Kier alpha value is -1.55. The number of hydrogen-bond donors (Lipinski definition) is 2. The van der Waals surface area contributed by atoms with Gasteiger partial charge in [0.15, 0.2) is 0 Å². The summed E-state index contributed by atoms with van der Waals surface area (Å²) in [5.41, 5.74) is 1.05. The van der Waals surface area contributed by atoms with Crippen LogP contribution in [0.5, 0.6) is 5.75 Å². The van der Waals surface area contributed by atoms with Crippen molar-refractivity contribution in [3.8, 4) is 5.75 Å². The second-order valence-corrected chi connectivity index (χ2v) is 6.96. The van der Waals surface area contributed by atoms with Gasteiger partial charge in [0.2, 0.25) is 5.91 Å². The number of carbonyl (C=O) groups is 1. The van der Waals surface area contributed by atoms with E-state index in [1.807, 2.05) is 12.1 Å². The zero-order valence-corrected chi connectivity index (χ0v) is 14.1. The molecule has 4 heteroatoms. The van der Waals surface area contributed by atoms with Crippen LogP contribution < -0.4 is 15.4 Å². The molecular formula is C19H28N2O2. The third-order valence-corrected chi connectivity index (χ3v) is 5.42. The van der Waals surface area contributed by atoms with E-state index in [-0.39, 0.29) is 11.4 Å². The minimum absolute atomic E-state index is 0.169. The van der Waals surface area contributed by atoms with Gasteiger partial charge >= 0.3 is 0 Å². The van der Waals surface area contributed by atoms with E-state index in [0.29, 0.717) is 12.3 Å². The van der Waals surface area contributed by atoms with Gasteiger partial charge in [-0.1, -0.05) is 25.0 Å². The lowest BCUT2D eigenvalue weighted by atomic mass is 9.87. The largest absolute Gasteiger partial charge is 0.497 e. The van der Waals surface area contributed by atoms with E-state index in [2.05, 4.69) is 22.8 Å². The number of methoxy groups -OCH3 is 1. The van der Waals surface area contributed by atoms with Crippen molar-refractivity contribution in [1.29, 1.82) is 0 Å². The topological polar surface area (TPSA) is 50.4 Å². The molecule has 2 aliphatic rings. The maximum atomic E-state index is 12.5. The van der Waals surface area contributed by atoms with E-state index in [4.69, 9.17) is 4.74 Å². The van der Waals surface area contributed by atoms with E-state index >= 15 is 0 Å². The first-order valence-electron chi connectivity index (χ1n) is 8.88. The van der Waals surface area contributed by atoms with Gasteiger partial charge in [0, 0.05) is 6.42 Å². The molecule has 0 aromatic heterocycles. The molecule has 1 unspecified atom stereocenters. The van der Waals surface area contributed by atoms with E-state index in [0.717, 1.165) is 38.1 Å². The molecule has 1 saturated carbocycles. The van der Waals surface area contributed by atoms with Crippen LogP contribution in [0.25, 0.3) is 0 Å². The Morgan fingerprint density at radius 3 is 2.65 bits per heavy atom. The molecule has 1 saturated heterocycles. The first kappa shape index (κ1) is 16.3. The van der Waals surface area contributed by atoms with Crippen molar-refractivity contribution < 1.29 is 9.53 Å². The average molecular weight is 316 g/mol. The second kappa shape index (κ2) is 7.35. The number of hydrogen-bond acceptors (Lipinski definition) is 3. The molecule has 23 heavy (non-hydrogen) atoms. The van der Waals surface area contributed by atoms with Gasteiger partial charge in [0.25, 0.3) is 0 Å². The van der Waals surface area contributed by atoms with Crippen LogP contribution in [0.2, 0.25) is 0 Å². The third-order valence-electron chi connectivity index (χ3n) is 5.42. The number of nitrogens with one attached hydrogen (secondary N) is 2. The first-order valence-corrected chi connectivity index (χ1v) is 8.88. The first-order chi connectivity index (χ1) is 11.2. The molecule has 2 fully saturated rings. The Kier molecular flexibility index (Phi) is 5.21. The highest BCUT2D eigenvalue weighted by molar-refractivity contribution is 5.77. The zero-order valence-electron chi connectivity index (χ0n) is 14.1. The van der Waals surface area contributed by atoms with E-state index in [1.54, 1.807) is 7.11 Å². The van der Waals surface area contributed by atoms with Crippen molar-refractivity contribution in [2.45, 2.75) is 50.5 Å². The zero-order chi connectivity index (χ0) is 16.1. The van der Waals surface area contributed by atoms with Crippen LogP contribution in [0, 0.1) is 5.92 Å². The SMILES string of the molecule is COc1ccc(C2(NC(=O)CCC3CCNC3)CCCC2)cc1. The predicted octanol–water partition coefficient (Wildman–Crippen LogP) is 2.97. The summed E-state index contributed by atoms with van der Waals surface area (Å²) in [7, 11) is 1.68.